The van der Waals surface area contributed by atoms with Gasteiger partial charge in [-0.15, -0.1) is 0 Å². The van der Waals surface area contributed by atoms with E-state index < -0.39 is 10.2 Å². The molecule has 1 N–H and O–H groups in total. The Labute approximate surface area is 109 Å². The van der Waals surface area contributed by atoms with Gasteiger partial charge in [0, 0.05) is 20.6 Å². The van der Waals surface area contributed by atoms with Crippen molar-refractivity contribution in [2.45, 2.75) is 13.3 Å². The van der Waals surface area contributed by atoms with Crippen LogP contribution in [0, 0.1) is 0 Å². The SMILES string of the molecule is CCc1ccccc1OCCNS(=O)(=O)N(C)C. The number of hydrogen-bond donors (Lipinski definition) is 1. The molecular weight excluding hydrogens is 252 g/mol. The summed E-state index contributed by atoms with van der Waals surface area (Å²) in [6.07, 6.45) is 0.888. The maximum atomic E-state index is 11.4. The van der Waals surface area contributed by atoms with Crippen LogP contribution in [0.25, 0.3) is 0 Å². The summed E-state index contributed by atoms with van der Waals surface area (Å²) in [5.41, 5.74) is 1.12. The Kier molecular flexibility index (Phi) is 5.58. The van der Waals surface area contributed by atoms with Crippen LogP contribution in [0.1, 0.15) is 12.5 Å². The summed E-state index contributed by atoms with van der Waals surface area (Å²) in [6, 6.07) is 7.75. The van der Waals surface area contributed by atoms with Gasteiger partial charge in [0.2, 0.25) is 0 Å². The first-order chi connectivity index (χ1) is 8.47. The fourth-order valence-corrected chi connectivity index (χ4v) is 2.00. The van der Waals surface area contributed by atoms with Gasteiger partial charge in [0.15, 0.2) is 0 Å². The number of hydrogen-bond acceptors (Lipinski definition) is 3. The topological polar surface area (TPSA) is 58.6 Å². The van der Waals surface area contributed by atoms with Gasteiger partial charge in [0.05, 0.1) is 0 Å². The fraction of sp³-hybridized carbons (Fsp3) is 0.500. The molecule has 0 amide bonds. The minimum Gasteiger partial charge on any atom is -0.492 e. The molecule has 1 aromatic carbocycles. The number of benzene rings is 1. The van der Waals surface area contributed by atoms with E-state index in [-0.39, 0.29) is 6.54 Å². The summed E-state index contributed by atoms with van der Waals surface area (Å²) in [4.78, 5) is 0. The van der Waals surface area contributed by atoms with Crippen molar-refractivity contribution < 1.29 is 13.2 Å². The number of ether oxygens (including phenoxy) is 1. The van der Waals surface area contributed by atoms with Crippen molar-refractivity contribution in [1.29, 1.82) is 0 Å². The minimum atomic E-state index is -3.36. The minimum absolute atomic E-state index is 0.249. The molecule has 18 heavy (non-hydrogen) atoms. The zero-order chi connectivity index (χ0) is 13.6. The summed E-state index contributed by atoms with van der Waals surface area (Å²) >= 11 is 0. The van der Waals surface area contributed by atoms with E-state index in [1.165, 1.54) is 14.1 Å². The van der Waals surface area contributed by atoms with Crippen LogP contribution < -0.4 is 9.46 Å². The van der Waals surface area contributed by atoms with Crippen LogP contribution in [0.5, 0.6) is 5.75 Å². The van der Waals surface area contributed by atoms with Gasteiger partial charge in [-0.2, -0.15) is 17.4 Å². The van der Waals surface area contributed by atoms with E-state index in [0.717, 1.165) is 22.0 Å². The summed E-state index contributed by atoms with van der Waals surface area (Å²) in [6.45, 7) is 2.61. The van der Waals surface area contributed by atoms with Gasteiger partial charge >= 0.3 is 0 Å². The van der Waals surface area contributed by atoms with Crippen molar-refractivity contribution in [1.82, 2.24) is 9.03 Å². The van der Waals surface area contributed by atoms with E-state index >= 15 is 0 Å². The largest absolute Gasteiger partial charge is 0.492 e. The molecule has 0 aliphatic carbocycles. The smallest absolute Gasteiger partial charge is 0.279 e. The lowest BCUT2D eigenvalue weighted by Gasteiger charge is -2.13. The lowest BCUT2D eigenvalue weighted by Crippen LogP contribution is -2.37. The van der Waals surface area contributed by atoms with Gasteiger partial charge in [0.1, 0.15) is 12.4 Å². The Morgan fingerprint density at radius 2 is 1.94 bits per heavy atom. The first-order valence-electron chi connectivity index (χ1n) is 5.85. The Morgan fingerprint density at radius 1 is 1.28 bits per heavy atom. The fourth-order valence-electron chi connectivity index (χ4n) is 1.40. The summed E-state index contributed by atoms with van der Waals surface area (Å²) in [7, 11) is -0.402. The highest BCUT2D eigenvalue weighted by Gasteiger charge is 2.11. The van der Waals surface area contributed by atoms with Crippen LogP contribution in [-0.4, -0.2) is 40.0 Å². The van der Waals surface area contributed by atoms with Crippen molar-refractivity contribution in [2.24, 2.45) is 0 Å². The number of nitrogens with zero attached hydrogens (tertiary/aromatic N) is 1. The number of nitrogens with one attached hydrogen (secondary N) is 1. The number of rotatable bonds is 7. The van der Waals surface area contributed by atoms with E-state index in [0.29, 0.717) is 6.61 Å². The Morgan fingerprint density at radius 3 is 2.56 bits per heavy atom. The van der Waals surface area contributed by atoms with Crippen LogP contribution in [0.3, 0.4) is 0 Å². The second-order valence-corrected chi connectivity index (χ2v) is 5.96. The van der Waals surface area contributed by atoms with Gasteiger partial charge < -0.3 is 4.74 Å². The Hall–Kier alpha value is -1.11. The zero-order valence-electron chi connectivity index (χ0n) is 11.0. The standard InChI is InChI=1S/C12H20N2O3S/c1-4-11-7-5-6-8-12(11)17-10-9-13-18(15,16)14(2)3/h5-8,13H,4,9-10H2,1-3H3. The molecule has 0 saturated heterocycles. The second kappa shape index (κ2) is 6.72. The molecule has 0 radical (unpaired) electrons. The van der Waals surface area contributed by atoms with E-state index in [2.05, 4.69) is 11.6 Å². The third kappa shape index (κ3) is 4.29. The highest BCUT2D eigenvalue weighted by molar-refractivity contribution is 7.87. The van der Waals surface area contributed by atoms with E-state index in [9.17, 15) is 8.42 Å². The predicted octanol–water partition coefficient (Wildman–Crippen LogP) is 1.02. The highest BCUT2D eigenvalue weighted by atomic mass is 32.2. The molecular formula is C12H20N2O3S. The van der Waals surface area contributed by atoms with Crippen LogP contribution in [0.15, 0.2) is 24.3 Å². The molecule has 0 saturated carbocycles. The van der Waals surface area contributed by atoms with Crippen LogP contribution in [-0.2, 0) is 16.6 Å². The zero-order valence-corrected chi connectivity index (χ0v) is 11.8. The molecule has 5 nitrogen and oxygen atoms in total. The molecule has 0 aromatic heterocycles. The highest BCUT2D eigenvalue weighted by Crippen LogP contribution is 2.17. The molecule has 102 valence electrons. The molecule has 1 aromatic rings. The van der Waals surface area contributed by atoms with E-state index in [4.69, 9.17) is 4.74 Å². The second-order valence-electron chi connectivity index (χ2n) is 3.99. The van der Waals surface area contributed by atoms with Crippen molar-refractivity contribution >= 4 is 10.2 Å². The molecule has 0 spiro atoms. The van der Waals surface area contributed by atoms with Crippen molar-refractivity contribution in [3.63, 3.8) is 0 Å². The van der Waals surface area contributed by atoms with Crippen LogP contribution >= 0.6 is 0 Å². The first-order valence-corrected chi connectivity index (χ1v) is 7.29. The molecule has 6 heteroatoms. The van der Waals surface area contributed by atoms with Gasteiger partial charge in [-0.3, -0.25) is 0 Å². The van der Waals surface area contributed by atoms with Gasteiger partial charge in [0.25, 0.3) is 10.2 Å². The first kappa shape index (κ1) is 14.9. The summed E-state index contributed by atoms with van der Waals surface area (Å²) < 4.78 is 32.0. The lowest BCUT2D eigenvalue weighted by molar-refractivity contribution is 0.318. The Bertz CT molecular complexity index is 472. The quantitative estimate of drug-likeness (QED) is 0.754. The number of aryl methyl sites for hydroxylation is 1. The predicted molar refractivity (Wildman–Crippen MR) is 71.9 cm³/mol. The van der Waals surface area contributed by atoms with E-state index in [1.54, 1.807) is 0 Å². The molecule has 0 aliphatic rings. The monoisotopic (exact) mass is 272 g/mol. The van der Waals surface area contributed by atoms with Crippen molar-refractivity contribution in [3.05, 3.63) is 29.8 Å². The summed E-state index contributed by atoms with van der Waals surface area (Å²) in [5, 5.41) is 0. The molecule has 0 unspecified atom stereocenters. The summed E-state index contributed by atoms with van der Waals surface area (Å²) in [5.74, 6) is 0.809. The van der Waals surface area contributed by atoms with Gasteiger partial charge in [-0.25, -0.2) is 0 Å². The average molecular weight is 272 g/mol. The van der Waals surface area contributed by atoms with Gasteiger partial charge in [-0.05, 0) is 18.1 Å². The molecule has 0 heterocycles. The Balaban J connectivity index is 2.43. The molecule has 0 aliphatic heterocycles. The lowest BCUT2D eigenvalue weighted by atomic mass is 10.1. The third-order valence-corrected chi connectivity index (χ3v) is 4.01. The van der Waals surface area contributed by atoms with E-state index in [1.807, 2.05) is 24.3 Å². The van der Waals surface area contributed by atoms with Crippen LogP contribution in [0.4, 0.5) is 0 Å². The van der Waals surface area contributed by atoms with Crippen molar-refractivity contribution in [3.8, 4) is 5.75 Å². The van der Waals surface area contributed by atoms with Crippen molar-refractivity contribution in [2.75, 3.05) is 27.2 Å². The normalized spacial score (nSPS) is 11.8. The molecule has 1 rings (SSSR count). The maximum Gasteiger partial charge on any atom is 0.279 e. The molecule has 0 atom stereocenters. The third-order valence-electron chi connectivity index (χ3n) is 2.48. The average Bonchev–Trinajstić information content (AvgIpc) is 2.35. The van der Waals surface area contributed by atoms with Crippen LogP contribution in [0.2, 0.25) is 0 Å². The molecule has 0 fully saturated rings. The van der Waals surface area contributed by atoms with Gasteiger partial charge in [-0.1, -0.05) is 25.1 Å². The molecule has 0 bridgehead atoms. The number of para-hydroxylation sites is 1. The maximum absolute atomic E-state index is 11.4.